The standard InChI is InChI=1S/C27H36F2O2/c1-25(31)10-11-26(2)17(15-25)4-5-20-21-6-7-23(27(21,3)9-8-22(20)26)24(30)16-12-18(28)14-19(29)13-16/h12-14,17,20-23,31H,4-11,15H2,1-3H3/t17-,20+,21+,22+,23-,25-,26+,27+/m1/s1. The molecule has 1 N–H and O–H groups in total. The molecule has 31 heavy (non-hydrogen) atoms. The topological polar surface area (TPSA) is 37.3 Å². The third kappa shape index (κ3) is 3.31. The Hall–Kier alpha value is -1.29. The Labute approximate surface area is 184 Å². The molecular formula is C27H36F2O2. The highest BCUT2D eigenvalue weighted by molar-refractivity contribution is 5.98. The third-order valence-electron chi connectivity index (χ3n) is 10.4. The quantitative estimate of drug-likeness (QED) is 0.540. The summed E-state index contributed by atoms with van der Waals surface area (Å²) >= 11 is 0. The van der Waals surface area contributed by atoms with E-state index in [1.807, 2.05) is 6.92 Å². The monoisotopic (exact) mass is 430 g/mol. The van der Waals surface area contributed by atoms with Crippen molar-refractivity contribution in [2.75, 3.05) is 0 Å². The predicted octanol–water partition coefficient (Wildman–Crippen LogP) is 6.56. The van der Waals surface area contributed by atoms with E-state index in [4.69, 9.17) is 0 Å². The van der Waals surface area contributed by atoms with Crippen LogP contribution in [0.25, 0.3) is 0 Å². The number of benzene rings is 1. The van der Waals surface area contributed by atoms with Gasteiger partial charge in [0.2, 0.25) is 0 Å². The van der Waals surface area contributed by atoms with E-state index in [1.54, 1.807) is 0 Å². The van der Waals surface area contributed by atoms with Gasteiger partial charge < -0.3 is 5.11 Å². The smallest absolute Gasteiger partial charge is 0.166 e. The van der Waals surface area contributed by atoms with Crippen LogP contribution in [-0.4, -0.2) is 16.5 Å². The van der Waals surface area contributed by atoms with Gasteiger partial charge >= 0.3 is 0 Å². The van der Waals surface area contributed by atoms with Crippen molar-refractivity contribution in [1.82, 2.24) is 0 Å². The number of fused-ring (bicyclic) bond motifs is 5. The van der Waals surface area contributed by atoms with Crippen molar-refractivity contribution in [3.8, 4) is 0 Å². The fourth-order valence-corrected chi connectivity index (χ4v) is 8.76. The van der Waals surface area contributed by atoms with Crippen molar-refractivity contribution in [1.29, 1.82) is 0 Å². The van der Waals surface area contributed by atoms with Gasteiger partial charge in [0.1, 0.15) is 11.6 Å². The van der Waals surface area contributed by atoms with Crippen molar-refractivity contribution in [3.63, 3.8) is 0 Å². The molecule has 0 bridgehead atoms. The van der Waals surface area contributed by atoms with E-state index >= 15 is 0 Å². The molecule has 8 atom stereocenters. The van der Waals surface area contributed by atoms with Gasteiger partial charge in [-0.05, 0) is 111 Å². The number of carbonyl (C=O) groups is 1. The second kappa shape index (κ2) is 7.10. The molecule has 4 heteroatoms. The van der Waals surface area contributed by atoms with E-state index in [-0.39, 0.29) is 22.7 Å². The average Bonchev–Trinajstić information content (AvgIpc) is 3.04. The Morgan fingerprint density at radius 2 is 1.55 bits per heavy atom. The highest BCUT2D eigenvalue weighted by Crippen LogP contribution is 2.68. The normalized spacial score (nSPS) is 46.7. The minimum Gasteiger partial charge on any atom is -0.390 e. The number of Topliss-reactive ketones (excluding diaryl/α,β-unsaturated/α-hetero) is 1. The number of halogens is 2. The minimum absolute atomic E-state index is 0.0736. The fourth-order valence-electron chi connectivity index (χ4n) is 8.76. The van der Waals surface area contributed by atoms with Gasteiger partial charge in [-0.25, -0.2) is 8.78 Å². The largest absolute Gasteiger partial charge is 0.390 e. The first-order valence-corrected chi connectivity index (χ1v) is 12.3. The molecule has 0 heterocycles. The van der Waals surface area contributed by atoms with Gasteiger partial charge in [-0.1, -0.05) is 13.8 Å². The fraction of sp³-hybridized carbons (Fsp3) is 0.741. The Kier molecular flexibility index (Phi) is 4.94. The maximum absolute atomic E-state index is 13.8. The predicted molar refractivity (Wildman–Crippen MR) is 117 cm³/mol. The highest BCUT2D eigenvalue weighted by Gasteiger charge is 2.61. The van der Waals surface area contributed by atoms with E-state index in [0.29, 0.717) is 29.1 Å². The van der Waals surface area contributed by atoms with E-state index in [9.17, 15) is 18.7 Å². The molecule has 1 aromatic rings. The molecule has 4 aliphatic rings. The summed E-state index contributed by atoms with van der Waals surface area (Å²) in [5.74, 6) is 0.839. The van der Waals surface area contributed by atoms with E-state index in [0.717, 1.165) is 51.0 Å². The number of hydrogen-bond acceptors (Lipinski definition) is 2. The van der Waals surface area contributed by atoms with Gasteiger partial charge in [0.05, 0.1) is 5.60 Å². The van der Waals surface area contributed by atoms with E-state index in [2.05, 4.69) is 13.8 Å². The van der Waals surface area contributed by atoms with Crippen LogP contribution in [0.15, 0.2) is 18.2 Å². The van der Waals surface area contributed by atoms with Crippen molar-refractivity contribution < 1.29 is 18.7 Å². The van der Waals surface area contributed by atoms with Gasteiger partial charge in [-0.15, -0.1) is 0 Å². The number of aliphatic hydroxyl groups is 1. The molecule has 1 aromatic carbocycles. The molecule has 0 amide bonds. The van der Waals surface area contributed by atoms with Gasteiger partial charge in [0, 0.05) is 17.5 Å². The molecule has 0 radical (unpaired) electrons. The van der Waals surface area contributed by atoms with Gasteiger partial charge in [-0.3, -0.25) is 4.79 Å². The Morgan fingerprint density at radius 1 is 0.871 bits per heavy atom. The van der Waals surface area contributed by atoms with Crippen LogP contribution >= 0.6 is 0 Å². The average molecular weight is 431 g/mol. The van der Waals surface area contributed by atoms with Gasteiger partial charge in [0.25, 0.3) is 0 Å². The SMILES string of the molecule is C[C@@]1(O)CC[C@@]2(C)[C@H](CC[C@@H]3[C@@H]2CC[C@]2(C)[C@@H](C(=O)c4cc(F)cc(F)c4)CC[C@@H]32)C1. The van der Waals surface area contributed by atoms with Crippen molar-refractivity contribution in [3.05, 3.63) is 35.4 Å². The summed E-state index contributed by atoms with van der Waals surface area (Å²) < 4.78 is 27.5. The zero-order valence-electron chi connectivity index (χ0n) is 19.1. The molecular weight excluding hydrogens is 394 g/mol. The highest BCUT2D eigenvalue weighted by atomic mass is 19.1. The van der Waals surface area contributed by atoms with Crippen LogP contribution in [0.5, 0.6) is 0 Å². The zero-order valence-corrected chi connectivity index (χ0v) is 19.1. The van der Waals surface area contributed by atoms with Crippen LogP contribution < -0.4 is 0 Å². The lowest BCUT2D eigenvalue weighted by molar-refractivity contribution is -0.144. The summed E-state index contributed by atoms with van der Waals surface area (Å²) in [5.41, 5.74) is -0.118. The van der Waals surface area contributed by atoms with Gasteiger partial charge in [-0.2, -0.15) is 0 Å². The van der Waals surface area contributed by atoms with Gasteiger partial charge in [0.15, 0.2) is 5.78 Å². The molecule has 2 nitrogen and oxygen atoms in total. The molecule has 0 unspecified atom stereocenters. The summed E-state index contributed by atoms with van der Waals surface area (Å²) in [6.45, 7) is 6.75. The summed E-state index contributed by atoms with van der Waals surface area (Å²) in [4.78, 5) is 13.4. The molecule has 4 saturated carbocycles. The van der Waals surface area contributed by atoms with Crippen LogP contribution in [0.1, 0.15) is 88.9 Å². The summed E-state index contributed by atoms with van der Waals surface area (Å²) in [6.07, 6.45) is 9.30. The molecule has 4 fully saturated rings. The molecule has 170 valence electrons. The van der Waals surface area contributed by atoms with Crippen molar-refractivity contribution >= 4 is 5.78 Å². The van der Waals surface area contributed by atoms with Crippen LogP contribution in [-0.2, 0) is 0 Å². The Bertz CT molecular complexity index is 875. The Morgan fingerprint density at radius 3 is 2.26 bits per heavy atom. The number of carbonyl (C=O) groups excluding carboxylic acids is 1. The third-order valence-corrected chi connectivity index (χ3v) is 10.4. The number of rotatable bonds is 2. The first-order chi connectivity index (χ1) is 14.5. The molecule has 4 aliphatic carbocycles. The summed E-state index contributed by atoms with van der Waals surface area (Å²) in [7, 11) is 0. The number of ketones is 1. The molecule has 0 aliphatic heterocycles. The van der Waals surface area contributed by atoms with Crippen molar-refractivity contribution in [2.45, 2.75) is 84.2 Å². The minimum atomic E-state index is -0.675. The maximum atomic E-state index is 13.8. The van der Waals surface area contributed by atoms with E-state index in [1.165, 1.54) is 25.0 Å². The van der Waals surface area contributed by atoms with E-state index < -0.39 is 17.2 Å². The lowest BCUT2D eigenvalue weighted by Crippen LogP contribution is -2.55. The Balaban J connectivity index is 1.40. The summed E-state index contributed by atoms with van der Waals surface area (Å²) in [5, 5.41) is 10.7. The first-order valence-electron chi connectivity index (χ1n) is 12.3. The molecule has 5 rings (SSSR count). The van der Waals surface area contributed by atoms with Crippen LogP contribution in [0.4, 0.5) is 8.78 Å². The van der Waals surface area contributed by atoms with Crippen LogP contribution in [0, 0.1) is 52.1 Å². The van der Waals surface area contributed by atoms with Crippen molar-refractivity contribution in [2.24, 2.45) is 40.4 Å². The maximum Gasteiger partial charge on any atom is 0.166 e. The molecule has 0 aromatic heterocycles. The lowest BCUT2D eigenvalue weighted by Gasteiger charge is -2.61. The lowest BCUT2D eigenvalue weighted by atomic mass is 9.44. The van der Waals surface area contributed by atoms with Crippen LogP contribution in [0.2, 0.25) is 0 Å². The molecule has 0 saturated heterocycles. The second-order valence-electron chi connectivity index (χ2n) is 12.1. The summed E-state index contributed by atoms with van der Waals surface area (Å²) in [6, 6.07) is 3.24. The molecule has 0 spiro atoms. The first kappa shape index (κ1) is 21.6. The second-order valence-corrected chi connectivity index (χ2v) is 12.1. The number of hydrogen-bond donors (Lipinski definition) is 1. The zero-order chi connectivity index (χ0) is 22.2. The van der Waals surface area contributed by atoms with Crippen LogP contribution in [0.3, 0.4) is 0 Å².